The first-order valence-corrected chi connectivity index (χ1v) is 4.92. The Morgan fingerprint density at radius 3 is 2.50 bits per heavy atom. The van der Waals surface area contributed by atoms with Crippen molar-refractivity contribution in [3.8, 4) is 0 Å². The molecule has 1 nitrogen and oxygen atoms in total. The van der Waals surface area contributed by atoms with Gasteiger partial charge >= 0.3 is 0 Å². The van der Waals surface area contributed by atoms with Gasteiger partial charge in [0.2, 0.25) is 0 Å². The second-order valence-electron chi connectivity index (χ2n) is 2.74. The molecule has 72 valence electrons. The molecular formula is C8H14F2OS. The van der Waals surface area contributed by atoms with Crippen LogP contribution in [0.25, 0.3) is 0 Å². The van der Waals surface area contributed by atoms with Crippen molar-refractivity contribution < 1.29 is 13.6 Å². The second kappa shape index (κ2) is 6.40. The smallest absolute Gasteiger partial charge is 0.185 e. The van der Waals surface area contributed by atoms with Crippen LogP contribution in [-0.2, 0) is 4.79 Å². The summed E-state index contributed by atoms with van der Waals surface area (Å²) in [5.74, 6) is 0.448. The summed E-state index contributed by atoms with van der Waals surface area (Å²) in [6.45, 7) is 2.78. The first-order valence-electron chi connectivity index (χ1n) is 3.94. The van der Waals surface area contributed by atoms with Crippen molar-refractivity contribution in [3.05, 3.63) is 0 Å². The molecule has 0 spiro atoms. The topological polar surface area (TPSA) is 17.1 Å². The third-order valence-electron chi connectivity index (χ3n) is 1.32. The van der Waals surface area contributed by atoms with Gasteiger partial charge in [-0.15, -0.1) is 0 Å². The van der Waals surface area contributed by atoms with Gasteiger partial charge in [0.15, 0.2) is 5.12 Å². The molecule has 0 heterocycles. The number of carbonyl (C=O) groups excluding carboxylic acids is 1. The Balaban J connectivity index is 3.31. The zero-order valence-corrected chi connectivity index (χ0v) is 8.16. The number of hydrogen-bond acceptors (Lipinski definition) is 2. The lowest BCUT2D eigenvalue weighted by Crippen LogP contribution is -2.08. The zero-order valence-electron chi connectivity index (χ0n) is 7.35. The predicted molar refractivity (Wildman–Crippen MR) is 47.8 cm³/mol. The highest BCUT2D eigenvalue weighted by Crippen LogP contribution is 2.13. The largest absolute Gasteiger partial charge is 0.288 e. The second-order valence-corrected chi connectivity index (χ2v) is 4.01. The lowest BCUT2D eigenvalue weighted by molar-refractivity contribution is -0.109. The fourth-order valence-corrected chi connectivity index (χ4v) is 1.46. The van der Waals surface area contributed by atoms with Crippen LogP contribution in [0.3, 0.4) is 0 Å². The highest BCUT2D eigenvalue weighted by atomic mass is 32.2. The molecule has 0 rings (SSSR count). The molecule has 2 unspecified atom stereocenters. The number of thioether (sulfide) groups is 1. The van der Waals surface area contributed by atoms with Crippen molar-refractivity contribution in [2.24, 2.45) is 0 Å². The number of rotatable bonds is 5. The summed E-state index contributed by atoms with van der Waals surface area (Å²) in [4.78, 5) is 10.4. The van der Waals surface area contributed by atoms with Crippen LogP contribution in [0.2, 0.25) is 0 Å². The van der Waals surface area contributed by atoms with E-state index in [0.29, 0.717) is 5.75 Å². The Kier molecular flexibility index (Phi) is 6.34. The molecule has 0 N–H and O–H groups in total. The minimum Gasteiger partial charge on any atom is -0.288 e. The Hall–Kier alpha value is -0.120. The van der Waals surface area contributed by atoms with Crippen molar-refractivity contribution in [3.63, 3.8) is 0 Å². The monoisotopic (exact) mass is 196 g/mol. The van der Waals surface area contributed by atoms with Gasteiger partial charge in [0.05, 0.1) is 0 Å². The molecular weight excluding hydrogens is 182 g/mol. The first-order chi connectivity index (χ1) is 5.52. The molecule has 0 aromatic rings. The van der Waals surface area contributed by atoms with Crippen molar-refractivity contribution >= 4 is 16.9 Å². The van der Waals surface area contributed by atoms with E-state index in [0.717, 1.165) is 11.8 Å². The number of alkyl halides is 2. The summed E-state index contributed by atoms with van der Waals surface area (Å²) < 4.78 is 25.0. The van der Waals surface area contributed by atoms with Crippen molar-refractivity contribution in [2.75, 3.05) is 5.75 Å². The Morgan fingerprint density at radius 2 is 2.08 bits per heavy atom. The van der Waals surface area contributed by atoms with Gasteiger partial charge in [-0.3, -0.25) is 4.79 Å². The van der Waals surface area contributed by atoms with Gasteiger partial charge in [0.25, 0.3) is 0 Å². The van der Waals surface area contributed by atoms with Gasteiger partial charge < -0.3 is 0 Å². The quantitative estimate of drug-likeness (QED) is 0.672. The Bertz CT molecular complexity index is 139. The van der Waals surface area contributed by atoms with Crippen LogP contribution in [0.15, 0.2) is 0 Å². The van der Waals surface area contributed by atoms with Gasteiger partial charge in [-0.25, -0.2) is 8.78 Å². The standard InChI is InChI=1S/C8H14F2OS/c1-6(9)5-8(10)3-4-12-7(2)11/h6,8H,3-5H2,1-2H3. The van der Waals surface area contributed by atoms with Crippen LogP contribution in [0.1, 0.15) is 26.7 Å². The van der Waals surface area contributed by atoms with Crippen LogP contribution in [0.4, 0.5) is 8.78 Å². The SMILES string of the molecule is CC(=O)SCCC(F)CC(C)F. The molecule has 0 radical (unpaired) electrons. The summed E-state index contributed by atoms with van der Waals surface area (Å²) >= 11 is 1.09. The van der Waals surface area contributed by atoms with E-state index in [1.54, 1.807) is 0 Å². The summed E-state index contributed by atoms with van der Waals surface area (Å²) in [5.41, 5.74) is 0. The third-order valence-corrected chi connectivity index (χ3v) is 2.16. The molecule has 0 amide bonds. The van der Waals surface area contributed by atoms with E-state index in [1.807, 2.05) is 0 Å². The molecule has 0 bridgehead atoms. The van der Waals surface area contributed by atoms with Crippen LogP contribution in [-0.4, -0.2) is 23.2 Å². The Labute approximate surface area is 75.9 Å². The Morgan fingerprint density at radius 1 is 1.50 bits per heavy atom. The first kappa shape index (κ1) is 11.9. The van der Waals surface area contributed by atoms with E-state index >= 15 is 0 Å². The number of hydrogen-bond donors (Lipinski definition) is 0. The van der Waals surface area contributed by atoms with E-state index < -0.39 is 12.3 Å². The molecule has 12 heavy (non-hydrogen) atoms. The maximum Gasteiger partial charge on any atom is 0.185 e. The van der Waals surface area contributed by atoms with Crippen molar-refractivity contribution in [2.45, 2.75) is 39.0 Å². The minimum absolute atomic E-state index is 0.0181. The summed E-state index contributed by atoms with van der Waals surface area (Å²) in [5, 5.41) is -0.0181. The van der Waals surface area contributed by atoms with Gasteiger partial charge in [-0.1, -0.05) is 11.8 Å². The molecule has 4 heteroatoms. The molecule has 0 fully saturated rings. The lowest BCUT2D eigenvalue weighted by atomic mass is 10.2. The summed E-state index contributed by atoms with van der Waals surface area (Å²) in [6.07, 6.45) is -2.00. The van der Waals surface area contributed by atoms with E-state index in [2.05, 4.69) is 0 Å². The molecule has 0 saturated carbocycles. The highest BCUT2D eigenvalue weighted by molar-refractivity contribution is 8.13. The van der Waals surface area contributed by atoms with Gasteiger partial charge in [-0.05, 0) is 13.3 Å². The minimum atomic E-state index is -1.11. The molecule has 0 aliphatic heterocycles. The molecule has 0 aromatic carbocycles. The average Bonchev–Trinajstić information content (AvgIpc) is 1.84. The number of halogens is 2. The highest BCUT2D eigenvalue weighted by Gasteiger charge is 2.11. The maximum absolute atomic E-state index is 12.7. The van der Waals surface area contributed by atoms with Crippen molar-refractivity contribution in [1.82, 2.24) is 0 Å². The van der Waals surface area contributed by atoms with E-state index in [-0.39, 0.29) is 18.0 Å². The lowest BCUT2D eigenvalue weighted by Gasteiger charge is -2.06. The normalized spacial score (nSPS) is 15.7. The fraction of sp³-hybridized carbons (Fsp3) is 0.875. The average molecular weight is 196 g/mol. The van der Waals surface area contributed by atoms with Crippen LogP contribution >= 0.6 is 11.8 Å². The van der Waals surface area contributed by atoms with E-state index in [9.17, 15) is 13.6 Å². The fourth-order valence-electron chi connectivity index (χ4n) is 0.801. The molecule has 0 saturated heterocycles. The zero-order chi connectivity index (χ0) is 9.56. The molecule has 2 atom stereocenters. The summed E-state index contributed by atoms with van der Waals surface area (Å²) in [6, 6.07) is 0. The van der Waals surface area contributed by atoms with Crippen LogP contribution < -0.4 is 0 Å². The predicted octanol–water partition coefficient (Wildman–Crippen LogP) is 2.74. The third kappa shape index (κ3) is 7.98. The maximum atomic E-state index is 12.7. The molecule has 0 aromatic heterocycles. The van der Waals surface area contributed by atoms with Crippen molar-refractivity contribution in [1.29, 1.82) is 0 Å². The van der Waals surface area contributed by atoms with Gasteiger partial charge in [0, 0.05) is 19.1 Å². The van der Waals surface area contributed by atoms with Gasteiger partial charge in [0.1, 0.15) is 12.3 Å². The number of carbonyl (C=O) groups is 1. The molecule has 0 aliphatic carbocycles. The molecule has 0 aliphatic rings. The van der Waals surface area contributed by atoms with Crippen LogP contribution in [0, 0.1) is 0 Å². The van der Waals surface area contributed by atoms with E-state index in [4.69, 9.17) is 0 Å². The van der Waals surface area contributed by atoms with Crippen LogP contribution in [0.5, 0.6) is 0 Å². The van der Waals surface area contributed by atoms with Gasteiger partial charge in [-0.2, -0.15) is 0 Å². The van der Waals surface area contributed by atoms with E-state index in [1.165, 1.54) is 13.8 Å². The summed E-state index contributed by atoms with van der Waals surface area (Å²) in [7, 11) is 0.